The molecular weight excluding hydrogens is 294 g/mol. The quantitative estimate of drug-likeness (QED) is 0.948. The minimum atomic E-state index is -0.0990. The number of nitrogens with zero attached hydrogens (tertiary/aromatic N) is 3. The van der Waals surface area contributed by atoms with Gasteiger partial charge in [0.2, 0.25) is 0 Å². The summed E-state index contributed by atoms with van der Waals surface area (Å²) in [6.07, 6.45) is 0. The summed E-state index contributed by atoms with van der Waals surface area (Å²) in [5.41, 5.74) is 2.17. The Labute approximate surface area is 115 Å². The highest BCUT2D eigenvalue weighted by atomic mass is 79.9. The maximum Gasteiger partial charge on any atom is 0.164 e. The Morgan fingerprint density at radius 3 is 2.61 bits per heavy atom. The number of hydrogen-bond donors (Lipinski definition) is 1. The van der Waals surface area contributed by atoms with Crippen LogP contribution < -0.4 is 0 Å². The third-order valence-electron chi connectivity index (χ3n) is 2.85. The van der Waals surface area contributed by atoms with Crippen molar-refractivity contribution in [2.45, 2.75) is 33.4 Å². The van der Waals surface area contributed by atoms with Crippen molar-refractivity contribution >= 4 is 15.9 Å². The molecule has 0 amide bonds. The normalized spacial score (nSPS) is 11.2. The van der Waals surface area contributed by atoms with Crippen LogP contribution in [0.1, 0.15) is 31.3 Å². The molecule has 0 radical (unpaired) electrons. The van der Waals surface area contributed by atoms with Gasteiger partial charge in [0.15, 0.2) is 11.6 Å². The highest BCUT2D eigenvalue weighted by molar-refractivity contribution is 9.10. The van der Waals surface area contributed by atoms with Gasteiger partial charge in [0.25, 0.3) is 0 Å². The van der Waals surface area contributed by atoms with Crippen LogP contribution in [0.25, 0.3) is 11.4 Å². The Morgan fingerprint density at radius 1 is 1.33 bits per heavy atom. The Balaban J connectivity index is 2.56. The Morgan fingerprint density at radius 2 is 2.06 bits per heavy atom. The lowest BCUT2D eigenvalue weighted by atomic mass is 10.1. The third kappa shape index (κ3) is 2.33. The van der Waals surface area contributed by atoms with Gasteiger partial charge < -0.3 is 9.67 Å². The van der Waals surface area contributed by atoms with Crippen LogP contribution in [0, 0.1) is 6.92 Å². The van der Waals surface area contributed by atoms with Crippen molar-refractivity contribution < 1.29 is 5.11 Å². The summed E-state index contributed by atoms with van der Waals surface area (Å²) < 4.78 is 3.00. The molecule has 0 aliphatic heterocycles. The summed E-state index contributed by atoms with van der Waals surface area (Å²) in [6.45, 7) is 6.04. The standard InChI is InChI=1S/C13H16BrN3O/c1-8(2)17-12(7-18)15-16-13(17)10-5-4-9(3)11(14)6-10/h4-6,8,18H,7H2,1-3H3. The van der Waals surface area contributed by atoms with Crippen LogP contribution >= 0.6 is 15.9 Å². The van der Waals surface area contributed by atoms with E-state index in [-0.39, 0.29) is 12.6 Å². The van der Waals surface area contributed by atoms with E-state index in [2.05, 4.69) is 40.0 Å². The second kappa shape index (κ2) is 5.20. The van der Waals surface area contributed by atoms with E-state index in [1.165, 1.54) is 5.56 Å². The van der Waals surface area contributed by atoms with Crippen molar-refractivity contribution in [2.24, 2.45) is 0 Å². The number of rotatable bonds is 3. The fourth-order valence-electron chi connectivity index (χ4n) is 1.90. The van der Waals surface area contributed by atoms with Crippen molar-refractivity contribution in [2.75, 3.05) is 0 Å². The van der Waals surface area contributed by atoms with Crippen molar-refractivity contribution in [1.29, 1.82) is 0 Å². The van der Waals surface area contributed by atoms with Gasteiger partial charge in [0, 0.05) is 16.1 Å². The molecule has 1 heterocycles. The molecular formula is C13H16BrN3O. The Bertz CT molecular complexity index is 563. The van der Waals surface area contributed by atoms with Crippen molar-refractivity contribution in [3.05, 3.63) is 34.1 Å². The largest absolute Gasteiger partial charge is 0.388 e. The maximum atomic E-state index is 9.29. The molecule has 0 unspecified atom stereocenters. The van der Waals surface area contributed by atoms with E-state index in [1.54, 1.807) is 0 Å². The number of hydrogen-bond acceptors (Lipinski definition) is 3. The number of aliphatic hydroxyl groups is 1. The Kier molecular flexibility index (Phi) is 3.82. The number of aliphatic hydroxyl groups excluding tert-OH is 1. The average molecular weight is 310 g/mol. The third-order valence-corrected chi connectivity index (χ3v) is 3.71. The minimum Gasteiger partial charge on any atom is -0.388 e. The number of benzene rings is 1. The van der Waals surface area contributed by atoms with Crippen LogP contribution in [-0.4, -0.2) is 19.9 Å². The van der Waals surface area contributed by atoms with Gasteiger partial charge in [-0.2, -0.15) is 0 Å². The summed E-state index contributed by atoms with van der Waals surface area (Å²) in [7, 11) is 0. The molecule has 96 valence electrons. The fourth-order valence-corrected chi connectivity index (χ4v) is 2.28. The molecule has 0 aliphatic carbocycles. The van der Waals surface area contributed by atoms with Gasteiger partial charge in [-0.25, -0.2) is 0 Å². The fraction of sp³-hybridized carbons (Fsp3) is 0.385. The summed E-state index contributed by atoms with van der Waals surface area (Å²) in [4.78, 5) is 0. The first kappa shape index (κ1) is 13.2. The Hall–Kier alpha value is -1.20. The van der Waals surface area contributed by atoms with E-state index in [0.29, 0.717) is 5.82 Å². The lowest BCUT2D eigenvalue weighted by Gasteiger charge is -2.13. The molecule has 0 saturated carbocycles. The molecule has 1 N–H and O–H groups in total. The van der Waals surface area contributed by atoms with Crippen LogP contribution in [0.5, 0.6) is 0 Å². The highest BCUT2D eigenvalue weighted by Gasteiger charge is 2.15. The molecule has 0 atom stereocenters. The van der Waals surface area contributed by atoms with Gasteiger partial charge in [-0.1, -0.05) is 28.1 Å². The van der Waals surface area contributed by atoms with E-state index < -0.39 is 0 Å². The van der Waals surface area contributed by atoms with E-state index in [9.17, 15) is 5.11 Å². The van der Waals surface area contributed by atoms with Gasteiger partial charge in [-0.05, 0) is 32.4 Å². The van der Waals surface area contributed by atoms with Gasteiger partial charge >= 0.3 is 0 Å². The maximum absolute atomic E-state index is 9.29. The van der Waals surface area contributed by atoms with Crippen molar-refractivity contribution in [3.8, 4) is 11.4 Å². The van der Waals surface area contributed by atoms with Gasteiger partial charge in [0.1, 0.15) is 6.61 Å². The summed E-state index contributed by atoms with van der Waals surface area (Å²) in [5.74, 6) is 1.38. The smallest absolute Gasteiger partial charge is 0.164 e. The zero-order chi connectivity index (χ0) is 13.3. The number of aryl methyl sites for hydroxylation is 1. The first-order valence-corrected chi connectivity index (χ1v) is 6.65. The minimum absolute atomic E-state index is 0.0990. The highest BCUT2D eigenvalue weighted by Crippen LogP contribution is 2.26. The molecule has 4 nitrogen and oxygen atoms in total. The molecule has 0 aliphatic rings. The zero-order valence-electron chi connectivity index (χ0n) is 10.7. The van der Waals surface area contributed by atoms with Gasteiger partial charge in [0.05, 0.1) is 0 Å². The summed E-state index contributed by atoms with van der Waals surface area (Å²) >= 11 is 3.52. The second-order valence-corrected chi connectivity index (χ2v) is 5.38. The van der Waals surface area contributed by atoms with Crippen molar-refractivity contribution in [1.82, 2.24) is 14.8 Å². The van der Waals surface area contributed by atoms with E-state index in [4.69, 9.17) is 0 Å². The van der Waals surface area contributed by atoms with Crippen LogP contribution in [0.2, 0.25) is 0 Å². The lowest BCUT2D eigenvalue weighted by Crippen LogP contribution is -2.08. The monoisotopic (exact) mass is 309 g/mol. The molecule has 18 heavy (non-hydrogen) atoms. The van der Waals surface area contributed by atoms with E-state index in [1.807, 2.05) is 29.7 Å². The average Bonchev–Trinajstić information content (AvgIpc) is 2.76. The molecule has 1 aromatic carbocycles. The summed E-state index contributed by atoms with van der Waals surface area (Å²) in [5, 5.41) is 17.5. The molecule has 0 bridgehead atoms. The molecule has 5 heteroatoms. The van der Waals surface area contributed by atoms with Gasteiger partial charge in [-0.15, -0.1) is 10.2 Å². The summed E-state index contributed by atoms with van der Waals surface area (Å²) in [6, 6.07) is 6.29. The van der Waals surface area contributed by atoms with Crippen LogP contribution in [0.15, 0.2) is 22.7 Å². The number of aromatic nitrogens is 3. The second-order valence-electron chi connectivity index (χ2n) is 4.53. The van der Waals surface area contributed by atoms with Gasteiger partial charge in [-0.3, -0.25) is 0 Å². The van der Waals surface area contributed by atoms with E-state index >= 15 is 0 Å². The predicted molar refractivity (Wildman–Crippen MR) is 74.2 cm³/mol. The molecule has 0 saturated heterocycles. The lowest BCUT2D eigenvalue weighted by molar-refractivity contribution is 0.262. The molecule has 0 spiro atoms. The van der Waals surface area contributed by atoms with Crippen LogP contribution in [0.3, 0.4) is 0 Å². The van der Waals surface area contributed by atoms with E-state index in [0.717, 1.165) is 15.9 Å². The SMILES string of the molecule is Cc1ccc(-c2nnc(CO)n2C(C)C)cc1Br. The molecule has 2 rings (SSSR count). The predicted octanol–water partition coefficient (Wildman–Crippen LogP) is 3.09. The van der Waals surface area contributed by atoms with Crippen molar-refractivity contribution in [3.63, 3.8) is 0 Å². The molecule has 2 aromatic rings. The molecule has 0 fully saturated rings. The van der Waals surface area contributed by atoms with Crippen LogP contribution in [-0.2, 0) is 6.61 Å². The molecule has 1 aromatic heterocycles. The number of halogens is 1. The zero-order valence-corrected chi connectivity index (χ0v) is 12.3. The first-order valence-electron chi connectivity index (χ1n) is 5.85. The first-order chi connectivity index (χ1) is 8.54. The van der Waals surface area contributed by atoms with Crippen LogP contribution in [0.4, 0.5) is 0 Å². The topological polar surface area (TPSA) is 50.9 Å².